The summed E-state index contributed by atoms with van der Waals surface area (Å²) in [6.45, 7) is 3.58. The highest BCUT2D eigenvalue weighted by Crippen LogP contribution is 2.25. The number of nitrogens with one attached hydrogen (secondary N) is 2. The van der Waals surface area contributed by atoms with E-state index in [2.05, 4.69) is 15.6 Å². The fraction of sp³-hybridized carbons (Fsp3) is 0.529. The Balaban J connectivity index is 1.65. The molecule has 0 radical (unpaired) electrons. The first-order chi connectivity index (χ1) is 12.0. The van der Waals surface area contributed by atoms with Crippen molar-refractivity contribution in [2.45, 2.75) is 58.5 Å². The third-order valence-electron chi connectivity index (χ3n) is 4.66. The molecule has 0 atom stereocenters. The fourth-order valence-electron chi connectivity index (χ4n) is 3.17. The van der Waals surface area contributed by atoms with Gasteiger partial charge in [-0.25, -0.2) is 9.78 Å². The molecular weight excluding hydrogens is 340 g/mol. The van der Waals surface area contributed by atoms with Crippen LogP contribution < -0.4 is 16.2 Å². The second kappa shape index (κ2) is 7.35. The summed E-state index contributed by atoms with van der Waals surface area (Å²) in [7, 11) is 0. The van der Waals surface area contributed by atoms with Crippen LogP contribution in [0.4, 0.5) is 4.79 Å². The van der Waals surface area contributed by atoms with Crippen molar-refractivity contribution in [3.8, 4) is 0 Å². The van der Waals surface area contributed by atoms with Gasteiger partial charge in [0, 0.05) is 10.9 Å². The van der Waals surface area contributed by atoms with E-state index >= 15 is 0 Å². The average molecular weight is 362 g/mol. The third-order valence-corrected chi connectivity index (χ3v) is 5.78. The first-order valence-corrected chi connectivity index (χ1v) is 9.33. The smallest absolute Gasteiger partial charge is 0.321 e. The number of imide groups is 1. The molecule has 0 bridgehead atoms. The largest absolute Gasteiger partial charge is 0.335 e. The molecule has 0 aliphatic heterocycles. The first kappa shape index (κ1) is 17.6. The standard InChI is InChI=1S/C17H22N4O3S/c1-10-11(2)25-15-14(10)16(23)21(9-18-15)8-13(22)20-17(24)19-12-6-4-3-5-7-12/h9,12H,3-8H2,1-2H3,(H2,19,20,22,24). The van der Waals surface area contributed by atoms with Crippen molar-refractivity contribution in [2.75, 3.05) is 0 Å². The van der Waals surface area contributed by atoms with E-state index in [0.717, 1.165) is 36.1 Å². The summed E-state index contributed by atoms with van der Waals surface area (Å²) in [6, 6.07) is -0.375. The predicted octanol–water partition coefficient (Wildman–Crippen LogP) is 2.23. The Morgan fingerprint density at radius 1 is 1.28 bits per heavy atom. The first-order valence-electron chi connectivity index (χ1n) is 8.51. The van der Waals surface area contributed by atoms with Crippen molar-refractivity contribution in [3.63, 3.8) is 0 Å². The number of urea groups is 1. The summed E-state index contributed by atoms with van der Waals surface area (Å²) in [5, 5.41) is 5.66. The normalized spacial score (nSPS) is 15.3. The molecule has 134 valence electrons. The number of aryl methyl sites for hydroxylation is 2. The van der Waals surface area contributed by atoms with Crippen LogP contribution in [0.25, 0.3) is 10.2 Å². The molecule has 0 saturated heterocycles. The predicted molar refractivity (Wildman–Crippen MR) is 96.9 cm³/mol. The SMILES string of the molecule is Cc1sc2ncn(CC(=O)NC(=O)NC3CCCCC3)c(=O)c2c1C. The van der Waals surface area contributed by atoms with Crippen molar-refractivity contribution in [1.82, 2.24) is 20.2 Å². The van der Waals surface area contributed by atoms with Gasteiger partial charge >= 0.3 is 6.03 Å². The molecule has 2 aromatic heterocycles. The molecule has 2 aromatic rings. The highest BCUT2D eigenvalue weighted by molar-refractivity contribution is 7.18. The second-order valence-electron chi connectivity index (χ2n) is 6.50. The highest BCUT2D eigenvalue weighted by atomic mass is 32.1. The summed E-state index contributed by atoms with van der Waals surface area (Å²) in [4.78, 5) is 42.5. The van der Waals surface area contributed by atoms with Gasteiger partial charge in [-0.15, -0.1) is 11.3 Å². The molecule has 0 spiro atoms. The van der Waals surface area contributed by atoms with Gasteiger partial charge in [-0.3, -0.25) is 19.5 Å². The Kier molecular flexibility index (Phi) is 5.17. The van der Waals surface area contributed by atoms with Crippen molar-refractivity contribution >= 4 is 33.5 Å². The molecule has 0 unspecified atom stereocenters. The zero-order valence-electron chi connectivity index (χ0n) is 14.4. The highest BCUT2D eigenvalue weighted by Gasteiger charge is 2.18. The van der Waals surface area contributed by atoms with Gasteiger partial charge in [0.1, 0.15) is 11.4 Å². The number of carbonyl (C=O) groups is 2. The molecule has 3 rings (SSSR count). The lowest BCUT2D eigenvalue weighted by Gasteiger charge is -2.22. The van der Waals surface area contributed by atoms with Crippen LogP contribution in [0.15, 0.2) is 11.1 Å². The van der Waals surface area contributed by atoms with E-state index in [9.17, 15) is 14.4 Å². The van der Waals surface area contributed by atoms with Crippen LogP contribution in [0.1, 0.15) is 42.5 Å². The lowest BCUT2D eigenvalue weighted by molar-refractivity contribution is -0.120. The Hall–Kier alpha value is -2.22. The van der Waals surface area contributed by atoms with E-state index in [-0.39, 0.29) is 18.1 Å². The number of fused-ring (bicyclic) bond motifs is 1. The number of amides is 3. The molecule has 1 fully saturated rings. The molecule has 1 aliphatic carbocycles. The fourth-order valence-corrected chi connectivity index (χ4v) is 4.16. The average Bonchev–Trinajstić information content (AvgIpc) is 2.86. The molecule has 2 heterocycles. The number of nitrogens with zero attached hydrogens (tertiary/aromatic N) is 2. The maximum absolute atomic E-state index is 12.5. The lowest BCUT2D eigenvalue weighted by Crippen LogP contribution is -2.46. The second-order valence-corrected chi connectivity index (χ2v) is 7.70. The van der Waals surface area contributed by atoms with Crippen molar-refractivity contribution in [3.05, 3.63) is 27.1 Å². The molecular formula is C17H22N4O3S. The molecule has 1 saturated carbocycles. The van der Waals surface area contributed by atoms with Crippen molar-refractivity contribution in [2.24, 2.45) is 0 Å². The van der Waals surface area contributed by atoms with Crippen LogP contribution in [0.2, 0.25) is 0 Å². The van der Waals surface area contributed by atoms with E-state index in [0.29, 0.717) is 10.2 Å². The number of carbonyl (C=O) groups excluding carboxylic acids is 2. The molecule has 7 nitrogen and oxygen atoms in total. The van der Waals surface area contributed by atoms with Crippen LogP contribution in [-0.2, 0) is 11.3 Å². The third kappa shape index (κ3) is 3.89. The number of thiophene rings is 1. The quantitative estimate of drug-likeness (QED) is 0.876. The number of rotatable bonds is 3. The minimum Gasteiger partial charge on any atom is -0.335 e. The van der Waals surface area contributed by atoms with E-state index in [1.54, 1.807) is 0 Å². The maximum atomic E-state index is 12.5. The summed E-state index contributed by atoms with van der Waals surface area (Å²) in [5.74, 6) is -0.527. The van der Waals surface area contributed by atoms with Crippen LogP contribution in [-0.4, -0.2) is 27.5 Å². The van der Waals surface area contributed by atoms with Crippen LogP contribution in [0.3, 0.4) is 0 Å². The van der Waals surface area contributed by atoms with Gasteiger partial charge < -0.3 is 5.32 Å². The minimum atomic E-state index is -0.527. The number of aromatic nitrogens is 2. The van der Waals surface area contributed by atoms with Crippen LogP contribution >= 0.6 is 11.3 Å². The Morgan fingerprint density at radius 2 is 2.00 bits per heavy atom. The van der Waals surface area contributed by atoms with Gasteiger partial charge in [0.25, 0.3) is 5.56 Å². The topological polar surface area (TPSA) is 93.1 Å². The van der Waals surface area contributed by atoms with E-state index in [1.807, 2.05) is 13.8 Å². The molecule has 8 heteroatoms. The summed E-state index contributed by atoms with van der Waals surface area (Å²) in [5.41, 5.74) is 0.636. The summed E-state index contributed by atoms with van der Waals surface area (Å²) >= 11 is 1.46. The van der Waals surface area contributed by atoms with Gasteiger partial charge in [-0.05, 0) is 32.3 Å². The van der Waals surface area contributed by atoms with Crippen LogP contribution in [0.5, 0.6) is 0 Å². The van der Waals surface area contributed by atoms with Gasteiger partial charge in [0.15, 0.2) is 0 Å². The zero-order valence-corrected chi connectivity index (χ0v) is 15.2. The van der Waals surface area contributed by atoms with Crippen molar-refractivity contribution < 1.29 is 9.59 Å². The summed E-state index contributed by atoms with van der Waals surface area (Å²) in [6.07, 6.45) is 6.63. The Morgan fingerprint density at radius 3 is 2.72 bits per heavy atom. The Bertz CT molecular complexity index is 865. The van der Waals surface area contributed by atoms with E-state index in [1.165, 1.54) is 28.7 Å². The van der Waals surface area contributed by atoms with Gasteiger partial charge in [-0.1, -0.05) is 19.3 Å². The van der Waals surface area contributed by atoms with Crippen LogP contribution in [0, 0.1) is 13.8 Å². The monoisotopic (exact) mass is 362 g/mol. The summed E-state index contributed by atoms with van der Waals surface area (Å²) < 4.78 is 1.24. The molecule has 3 amide bonds. The molecule has 0 aromatic carbocycles. The van der Waals surface area contributed by atoms with Gasteiger partial charge in [-0.2, -0.15) is 0 Å². The van der Waals surface area contributed by atoms with Gasteiger partial charge in [0.05, 0.1) is 11.7 Å². The molecule has 2 N–H and O–H groups in total. The number of hydrogen-bond donors (Lipinski definition) is 2. The van der Waals surface area contributed by atoms with Crippen molar-refractivity contribution in [1.29, 1.82) is 0 Å². The lowest BCUT2D eigenvalue weighted by atomic mass is 9.96. The Labute approximate surface area is 149 Å². The molecule has 25 heavy (non-hydrogen) atoms. The van der Waals surface area contributed by atoms with E-state index in [4.69, 9.17) is 0 Å². The van der Waals surface area contributed by atoms with Gasteiger partial charge in [0.2, 0.25) is 5.91 Å². The minimum absolute atomic E-state index is 0.124. The zero-order chi connectivity index (χ0) is 18.0. The number of hydrogen-bond acceptors (Lipinski definition) is 5. The van der Waals surface area contributed by atoms with E-state index < -0.39 is 11.9 Å². The maximum Gasteiger partial charge on any atom is 0.321 e. The molecule has 1 aliphatic rings.